The van der Waals surface area contributed by atoms with Crippen LogP contribution in [0.15, 0.2) is 54.6 Å². The van der Waals surface area contributed by atoms with E-state index in [-0.39, 0.29) is 18.4 Å². The number of halogens is 1. The predicted octanol–water partition coefficient (Wildman–Crippen LogP) is 2.72. The Morgan fingerprint density at radius 3 is 2.23 bits per heavy atom. The Hall–Kier alpha value is -2.37. The number of benzene rings is 2. The van der Waals surface area contributed by atoms with Gasteiger partial charge < -0.3 is 10.2 Å². The lowest BCUT2D eigenvalue weighted by Crippen LogP contribution is -2.42. The third kappa shape index (κ3) is 5.31. The lowest BCUT2D eigenvalue weighted by Gasteiger charge is -2.28. The van der Waals surface area contributed by atoms with Crippen LogP contribution in [0.4, 0.5) is 0 Å². The Labute approximate surface area is 159 Å². The van der Waals surface area contributed by atoms with Gasteiger partial charge >= 0.3 is 0 Å². The summed E-state index contributed by atoms with van der Waals surface area (Å²) < 4.78 is 0. The number of amides is 2. The van der Waals surface area contributed by atoms with Crippen molar-refractivity contribution >= 4 is 23.4 Å². The highest BCUT2D eigenvalue weighted by Crippen LogP contribution is 2.22. The number of hydrogen-bond donors (Lipinski definition) is 1. The molecule has 0 saturated heterocycles. The Bertz CT molecular complexity index is 734. The molecule has 2 rings (SSSR count). The van der Waals surface area contributed by atoms with Crippen molar-refractivity contribution in [1.82, 2.24) is 15.1 Å². The van der Waals surface area contributed by atoms with Crippen LogP contribution in [0.25, 0.3) is 0 Å². The molecule has 0 aliphatic heterocycles. The molecule has 0 saturated carbocycles. The van der Waals surface area contributed by atoms with E-state index in [0.717, 1.165) is 11.1 Å². The summed E-state index contributed by atoms with van der Waals surface area (Å²) in [5.74, 6) is -0.229. The molecule has 0 aromatic heterocycles. The van der Waals surface area contributed by atoms with Crippen LogP contribution < -0.4 is 5.32 Å². The summed E-state index contributed by atoms with van der Waals surface area (Å²) in [6, 6.07) is 16.3. The van der Waals surface area contributed by atoms with Crippen molar-refractivity contribution < 1.29 is 9.59 Å². The van der Waals surface area contributed by atoms with Crippen LogP contribution in [0.2, 0.25) is 5.02 Å². The van der Waals surface area contributed by atoms with Gasteiger partial charge in [0.2, 0.25) is 11.8 Å². The third-order valence-electron chi connectivity index (χ3n) is 4.19. The topological polar surface area (TPSA) is 52.7 Å². The first-order chi connectivity index (χ1) is 12.4. The molecule has 0 spiro atoms. The molecule has 0 heterocycles. The van der Waals surface area contributed by atoms with E-state index in [1.165, 1.54) is 0 Å². The average Bonchev–Trinajstić information content (AvgIpc) is 2.64. The molecule has 6 heteroatoms. The van der Waals surface area contributed by atoms with E-state index < -0.39 is 6.04 Å². The van der Waals surface area contributed by atoms with Crippen LogP contribution in [0.3, 0.4) is 0 Å². The van der Waals surface area contributed by atoms with Crippen LogP contribution in [0.1, 0.15) is 17.2 Å². The van der Waals surface area contributed by atoms with Gasteiger partial charge in [0.1, 0.15) is 6.04 Å². The number of likely N-dealkylation sites (N-methyl/N-ethyl adjacent to an activating group) is 3. The average molecular weight is 374 g/mol. The summed E-state index contributed by atoms with van der Waals surface area (Å²) >= 11 is 5.94. The van der Waals surface area contributed by atoms with Gasteiger partial charge in [0, 0.05) is 25.7 Å². The fourth-order valence-electron chi connectivity index (χ4n) is 2.76. The van der Waals surface area contributed by atoms with Gasteiger partial charge in [-0.25, -0.2) is 0 Å². The van der Waals surface area contributed by atoms with E-state index in [9.17, 15) is 9.59 Å². The van der Waals surface area contributed by atoms with Crippen LogP contribution in [-0.4, -0.2) is 49.3 Å². The highest BCUT2D eigenvalue weighted by molar-refractivity contribution is 6.30. The van der Waals surface area contributed by atoms with Gasteiger partial charge in [0.15, 0.2) is 0 Å². The fraction of sp³-hybridized carbons (Fsp3) is 0.300. The predicted molar refractivity (Wildman–Crippen MR) is 104 cm³/mol. The standard InChI is InChI=1S/C20H24ClN3O2/c1-22-20(26)19(16-9-11-17(21)12-10-16)24(3)14-18(25)23(2)13-15-7-5-4-6-8-15/h4-12,19H,13-14H2,1-3H3,(H,22,26). The van der Waals surface area contributed by atoms with E-state index in [1.54, 1.807) is 55.2 Å². The van der Waals surface area contributed by atoms with Crippen molar-refractivity contribution in [2.45, 2.75) is 12.6 Å². The summed E-state index contributed by atoms with van der Waals surface area (Å²) in [5.41, 5.74) is 1.85. The molecule has 1 N–H and O–H groups in total. The molecule has 2 aromatic carbocycles. The number of carbonyl (C=O) groups excluding carboxylic acids is 2. The van der Waals surface area contributed by atoms with Crippen LogP contribution in [-0.2, 0) is 16.1 Å². The zero-order chi connectivity index (χ0) is 19.1. The van der Waals surface area contributed by atoms with E-state index in [4.69, 9.17) is 11.6 Å². The highest BCUT2D eigenvalue weighted by Gasteiger charge is 2.26. The summed E-state index contributed by atoms with van der Waals surface area (Å²) in [6.45, 7) is 0.656. The van der Waals surface area contributed by atoms with Crippen molar-refractivity contribution in [3.8, 4) is 0 Å². The van der Waals surface area contributed by atoms with Gasteiger partial charge in [-0.2, -0.15) is 0 Å². The summed E-state index contributed by atoms with van der Waals surface area (Å²) in [7, 11) is 5.12. The number of rotatable bonds is 7. The minimum atomic E-state index is -0.564. The third-order valence-corrected chi connectivity index (χ3v) is 4.45. The molecule has 0 aliphatic carbocycles. The van der Waals surface area contributed by atoms with Crippen LogP contribution in [0, 0.1) is 0 Å². The molecule has 1 unspecified atom stereocenters. The minimum Gasteiger partial charge on any atom is -0.358 e. The first kappa shape index (κ1) is 19.9. The van der Waals surface area contributed by atoms with Crippen molar-refractivity contribution in [2.24, 2.45) is 0 Å². The van der Waals surface area contributed by atoms with Crippen LogP contribution in [0.5, 0.6) is 0 Å². The highest BCUT2D eigenvalue weighted by atomic mass is 35.5. The summed E-state index contributed by atoms with van der Waals surface area (Å²) in [5, 5.41) is 3.27. The van der Waals surface area contributed by atoms with Crippen molar-refractivity contribution in [3.63, 3.8) is 0 Å². The van der Waals surface area contributed by atoms with Gasteiger partial charge in [0.05, 0.1) is 6.54 Å². The fourth-order valence-corrected chi connectivity index (χ4v) is 2.88. The molecule has 5 nitrogen and oxygen atoms in total. The monoisotopic (exact) mass is 373 g/mol. The van der Waals surface area contributed by atoms with Gasteiger partial charge in [-0.05, 0) is 30.3 Å². The second kappa shape index (κ2) is 9.36. The van der Waals surface area contributed by atoms with Crippen molar-refractivity contribution in [1.29, 1.82) is 0 Å². The Balaban J connectivity index is 2.08. The number of carbonyl (C=O) groups is 2. The Morgan fingerprint density at radius 2 is 1.65 bits per heavy atom. The Kier molecular flexibility index (Phi) is 7.18. The first-order valence-electron chi connectivity index (χ1n) is 8.37. The number of hydrogen-bond acceptors (Lipinski definition) is 3. The molecule has 0 fully saturated rings. The normalized spacial score (nSPS) is 11.9. The lowest BCUT2D eigenvalue weighted by molar-refractivity contribution is -0.133. The molecular weight excluding hydrogens is 350 g/mol. The summed E-state index contributed by atoms with van der Waals surface area (Å²) in [6.07, 6.45) is 0. The van der Waals surface area contributed by atoms with Crippen LogP contribution >= 0.6 is 11.6 Å². The lowest BCUT2D eigenvalue weighted by atomic mass is 10.0. The first-order valence-corrected chi connectivity index (χ1v) is 8.75. The van der Waals surface area contributed by atoms with Gasteiger partial charge in [-0.15, -0.1) is 0 Å². The van der Waals surface area contributed by atoms with Crippen molar-refractivity contribution in [3.05, 3.63) is 70.7 Å². The van der Waals surface area contributed by atoms with E-state index >= 15 is 0 Å². The smallest absolute Gasteiger partial charge is 0.241 e. The zero-order valence-corrected chi connectivity index (χ0v) is 16.0. The molecule has 138 valence electrons. The van der Waals surface area contributed by atoms with Crippen molar-refractivity contribution in [2.75, 3.05) is 27.7 Å². The van der Waals surface area contributed by atoms with E-state index in [0.29, 0.717) is 11.6 Å². The molecule has 2 amide bonds. The molecular formula is C20H24ClN3O2. The maximum atomic E-state index is 12.6. The van der Waals surface area contributed by atoms with E-state index in [1.807, 2.05) is 30.3 Å². The minimum absolute atomic E-state index is 0.0563. The number of nitrogens with one attached hydrogen (secondary N) is 1. The SMILES string of the molecule is CNC(=O)C(c1ccc(Cl)cc1)N(C)CC(=O)N(C)Cc1ccccc1. The quantitative estimate of drug-likeness (QED) is 0.811. The molecule has 0 bridgehead atoms. The maximum Gasteiger partial charge on any atom is 0.241 e. The van der Waals surface area contributed by atoms with E-state index in [2.05, 4.69) is 5.32 Å². The Morgan fingerprint density at radius 1 is 1.04 bits per heavy atom. The molecule has 0 aliphatic rings. The molecule has 1 atom stereocenters. The number of nitrogens with zero attached hydrogens (tertiary/aromatic N) is 2. The maximum absolute atomic E-state index is 12.6. The second-order valence-corrected chi connectivity index (χ2v) is 6.66. The van der Waals surface area contributed by atoms with Gasteiger partial charge in [-0.1, -0.05) is 54.1 Å². The molecule has 2 aromatic rings. The molecule has 0 radical (unpaired) electrons. The van der Waals surface area contributed by atoms with Gasteiger partial charge in [-0.3, -0.25) is 14.5 Å². The molecule has 26 heavy (non-hydrogen) atoms. The van der Waals surface area contributed by atoms with Gasteiger partial charge in [0.25, 0.3) is 0 Å². The zero-order valence-electron chi connectivity index (χ0n) is 15.3. The largest absolute Gasteiger partial charge is 0.358 e. The second-order valence-electron chi connectivity index (χ2n) is 6.22. The summed E-state index contributed by atoms with van der Waals surface area (Å²) in [4.78, 5) is 28.4.